The van der Waals surface area contributed by atoms with Gasteiger partial charge in [-0.25, -0.2) is 0 Å². The molecule has 0 unspecified atom stereocenters. The molecule has 0 saturated heterocycles. The van der Waals surface area contributed by atoms with Crippen LogP contribution < -0.4 is 10.2 Å². The summed E-state index contributed by atoms with van der Waals surface area (Å²) in [7, 11) is 0. The minimum atomic E-state index is -0.0248. The molecule has 5 heteroatoms. The number of benzene rings is 3. The van der Waals surface area contributed by atoms with E-state index in [1.165, 1.54) is 0 Å². The van der Waals surface area contributed by atoms with Gasteiger partial charge in [0.2, 0.25) is 5.91 Å². The molecule has 0 bridgehead atoms. The number of nitrogens with zero attached hydrogens (tertiary/aromatic N) is 1. The summed E-state index contributed by atoms with van der Waals surface area (Å²) in [5.41, 5.74) is 3.36. The van der Waals surface area contributed by atoms with E-state index in [0.717, 1.165) is 16.9 Å². The number of carbonyl (C=O) groups excluding carboxylic acids is 1. The fourth-order valence-corrected chi connectivity index (χ4v) is 3.55. The molecule has 1 amide bonds. The molecule has 0 radical (unpaired) electrons. The second kappa shape index (κ2) is 8.94. The zero-order valence-corrected chi connectivity index (χ0v) is 16.5. The quantitative estimate of drug-likeness (QED) is 0.540. The topological polar surface area (TPSA) is 32.3 Å². The zero-order valence-electron chi connectivity index (χ0n) is 15.0. The van der Waals surface area contributed by atoms with E-state index in [2.05, 4.69) is 5.32 Å². The van der Waals surface area contributed by atoms with Gasteiger partial charge in [-0.05, 0) is 42.8 Å². The molecule has 0 atom stereocenters. The van der Waals surface area contributed by atoms with Crippen LogP contribution in [0.4, 0.5) is 17.1 Å². The average Bonchev–Trinajstić information content (AvgIpc) is 2.66. The van der Waals surface area contributed by atoms with Crippen LogP contribution in [0, 0.1) is 0 Å². The first-order valence-corrected chi connectivity index (χ1v) is 9.51. The second-order valence-corrected chi connectivity index (χ2v) is 6.81. The summed E-state index contributed by atoms with van der Waals surface area (Å²) in [4.78, 5) is 14.2. The number of halogens is 2. The lowest BCUT2D eigenvalue weighted by Crippen LogP contribution is -2.25. The van der Waals surface area contributed by atoms with Crippen LogP contribution in [0.25, 0.3) is 0 Å². The first-order valence-electron chi connectivity index (χ1n) is 8.75. The van der Waals surface area contributed by atoms with Crippen LogP contribution in [0.1, 0.15) is 12.5 Å². The number of likely N-dealkylation sites (N-methyl/N-ethyl adjacent to an activating group) is 1. The molecule has 3 aromatic rings. The Morgan fingerprint density at radius 1 is 0.889 bits per heavy atom. The third kappa shape index (κ3) is 4.44. The molecule has 0 aliphatic carbocycles. The number of hydrogen-bond donors (Lipinski definition) is 1. The number of anilines is 3. The summed E-state index contributed by atoms with van der Waals surface area (Å²) in [5, 5.41) is 3.93. The number of carbonyl (C=O) groups is 1. The summed E-state index contributed by atoms with van der Waals surface area (Å²) in [6.07, 6.45) is 0.273. The minimum Gasteiger partial charge on any atom is -0.356 e. The van der Waals surface area contributed by atoms with Crippen LogP contribution in [0.2, 0.25) is 10.0 Å². The fraction of sp³-hybridized carbons (Fsp3) is 0.136. The summed E-state index contributed by atoms with van der Waals surface area (Å²) >= 11 is 13.1. The molecule has 0 fully saturated rings. The van der Waals surface area contributed by atoms with Gasteiger partial charge in [0.1, 0.15) is 0 Å². The Bertz CT molecular complexity index is 908. The number of rotatable bonds is 6. The van der Waals surface area contributed by atoms with Gasteiger partial charge in [0.25, 0.3) is 0 Å². The lowest BCUT2D eigenvalue weighted by atomic mass is 10.1. The smallest absolute Gasteiger partial charge is 0.224 e. The first-order chi connectivity index (χ1) is 13.1. The van der Waals surface area contributed by atoms with Crippen LogP contribution in [0.5, 0.6) is 0 Å². The summed E-state index contributed by atoms with van der Waals surface area (Å²) in [6.45, 7) is 2.50. The van der Waals surface area contributed by atoms with Gasteiger partial charge in [0, 0.05) is 17.9 Å². The van der Waals surface area contributed by atoms with E-state index in [0.29, 0.717) is 22.3 Å². The second-order valence-electron chi connectivity index (χ2n) is 6.00. The highest BCUT2D eigenvalue weighted by Gasteiger charge is 2.21. The number of nitrogens with one attached hydrogen (secondary N) is 1. The van der Waals surface area contributed by atoms with E-state index < -0.39 is 0 Å². The highest BCUT2D eigenvalue weighted by Crippen LogP contribution is 2.44. The fourth-order valence-electron chi connectivity index (χ4n) is 2.98. The molecular weight excluding hydrogens is 379 g/mol. The number of para-hydroxylation sites is 3. The molecule has 3 aromatic carbocycles. The third-order valence-corrected chi connectivity index (χ3v) is 4.74. The Morgan fingerprint density at radius 3 is 2.19 bits per heavy atom. The minimum absolute atomic E-state index is 0.0248. The molecule has 0 saturated carbocycles. The van der Waals surface area contributed by atoms with Gasteiger partial charge in [-0.3, -0.25) is 4.79 Å². The van der Waals surface area contributed by atoms with E-state index >= 15 is 0 Å². The predicted octanol–water partition coefficient (Wildman–Crippen LogP) is 6.14. The summed E-state index contributed by atoms with van der Waals surface area (Å²) < 4.78 is 0. The summed E-state index contributed by atoms with van der Waals surface area (Å²) in [5.74, 6) is -0.0248. The molecule has 0 aliphatic heterocycles. The molecule has 27 heavy (non-hydrogen) atoms. The predicted molar refractivity (Wildman–Crippen MR) is 114 cm³/mol. The van der Waals surface area contributed by atoms with Crippen molar-refractivity contribution in [3.05, 3.63) is 88.4 Å². The normalized spacial score (nSPS) is 10.5. The van der Waals surface area contributed by atoms with Gasteiger partial charge in [-0.2, -0.15) is 0 Å². The molecule has 3 nitrogen and oxygen atoms in total. The molecule has 0 heterocycles. The van der Waals surface area contributed by atoms with Crippen molar-refractivity contribution in [1.82, 2.24) is 5.32 Å². The lowest BCUT2D eigenvalue weighted by molar-refractivity contribution is -0.120. The van der Waals surface area contributed by atoms with Gasteiger partial charge >= 0.3 is 0 Å². The molecule has 0 aromatic heterocycles. The first kappa shape index (κ1) is 19.3. The van der Waals surface area contributed by atoms with Crippen molar-refractivity contribution in [2.75, 3.05) is 11.4 Å². The SMILES string of the molecule is CCNC(=O)Cc1ccccc1N(c1ccccc1)c1c(Cl)cccc1Cl. The maximum atomic E-state index is 12.2. The maximum absolute atomic E-state index is 12.2. The lowest BCUT2D eigenvalue weighted by Gasteiger charge is -2.29. The molecule has 3 rings (SSSR count). The molecule has 0 aliphatic rings. The van der Waals surface area contributed by atoms with Crippen molar-refractivity contribution >= 4 is 46.2 Å². The van der Waals surface area contributed by atoms with Crippen LogP contribution >= 0.6 is 23.2 Å². The van der Waals surface area contributed by atoms with Crippen LogP contribution in [0.15, 0.2) is 72.8 Å². The number of hydrogen-bond acceptors (Lipinski definition) is 2. The Balaban J connectivity index is 2.17. The highest BCUT2D eigenvalue weighted by molar-refractivity contribution is 6.39. The van der Waals surface area contributed by atoms with E-state index in [1.54, 1.807) is 0 Å². The average molecular weight is 399 g/mol. The zero-order chi connectivity index (χ0) is 19.2. The van der Waals surface area contributed by atoms with Crippen molar-refractivity contribution in [3.63, 3.8) is 0 Å². The van der Waals surface area contributed by atoms with Crippen LogP contribution in [0.3, 0.4) is 0 Å². The van der Waals surface area contributed by atoms with E-state index in [-0.39, 0.29) is 12.3 Å². The number of amides is 1. The van der Waals surface area contributed by atoms with Gasteiger partial charge in [-0.15, -0.1) is 0 Å². The van der Waals surface area contributed by atoms with Crippen molar-refractivity contribution in [3.8, 4) is 0 Å². The van der Waals surface area contributed by atoms with Crippen molar-refractivity contribution in [2.24, 2.45) is 0 Å². The van der Waals surface area contributed by atoms with Gasteiger partial charge < -0.3 is 10.2 Å². The largest absolute Gasteiger partial charge is 0.356 e. The van der Waals surface area contributed by atoms with Gasteiger partial charge in [0.15, 0.2) is 0 Å². The Hall–Kier alpha value is -2.49. The van der Waals surface area contributed by atoms with E-state index in [1.807, 2.05) is 84.6 Å². The monoisotopic (exact) mass is 398 g/mol. The van der Waals surface area contributed by atoms with Crippen LogP contribution in [-0.2, 0) is 11.2 Å². The Labute approximate surface area is 169 Å². The summed E-state index contributed by atoms with van der Waals surface area (Å²) in [6, 6.07) is 23.1. The Kier molecular flexibility index (Phi) is 6.38. The molecule has 1 N–H and O–H groups in total. The van der Waals surface area contributed by atoms with Gasteiger partial charge in [-0.1, -0.05) is 65.7 Å². The Morgan fingerprint density at radius 2 is 1.52 bits per heavy atom. The highest BCUT2D eigenvalue weighted by atomic mass is 35.5. The maximum Gasteiger partial charge on any atom is 0.224 e. The van der Waals surface area contributed by atoms with E-state index in [4.69, 9.17) is 23.2 Å². The van der Waals surface area contributed by atoms with Crippen LogP contribution in [-0.4, -0.2) is 12.5 Å². The molecule has 0 spiro atoms. The van der Waals surface area contributed by atoms with Crippen molar-refractivity contribution in [2.45, 2.75) is 13.3 Å². The molecular formula is C22H20Cl2N2O. The molecule has 138 valence electrons. The third-order valence-electron chi connectivity index (χ3n) is 4.13. The van der Waals surface area contributed by atoms with Gasteiger partial charge in [0.05, 0.1) is 22.2 Å². The van der Waals surface area contributed by atoms with Crippen molar-refractivity contribution < 1.29 is 4.79 Å². The standard InChI is InChI=1S/C22H20Cl2N2O/c1-2-25-21(27)15-16-9-6-7-14-20(16)26(17-10-4-3-5-11-17)22-18(23)12-8-13-19(22)24/h3-14H,2,15H2,1H3,(H,25,27). The van der Waals surface area contributed by atoms with Crippen molar-refractivity contribution in [1.29, 1.82) is 0 Å². The van der Waals surface area contributed by atoms with E-state index in [9.17, 15) is 4.79 Å².